The zero-order valence-corrected chi connectivity index (χ0v) is 28.7. The first-order valence-electron chi connectivity index (χ1n) is 16.4. The molecule has 3 atom stereocenters. The summed E-state index contributed by atoms with van der Waals surface area (Å²) in [6.07, 6.45) is 1.37. The van der Waals surface area contributed by atoms with Crippen LogP contribution in [0.1, 0.15) is 52.8 Å². The number of oxime groups is 1. The summed E-state index contributed by atoms with van der Waals surface area (Å²) in [7, 11) is -2.95. The molecule has 0 amide bonds. The Morgan fingerprint density at radius 2 is 1.77 bits per heavy atom. The number of fused-ring (bicyclic) bond motifs is 1. The Balaban J connectivity index is 1.35. The molecule has 1 unspecified atom stereocenters. The van der Waals surface area contributed by atoms with Crippen LogP contribution in [0.4, 0.5) is 10.3 Å². The van der Waals surface area contributed by atoms with E-state index in [1.54, 1.807) is 0 Å². The van der Waals surface area contributed by atoms with E-state index in [1.165, 1.54) is 10.4 Å². The van der Waals surface area contributed by atoms with Gasteiger partial charge < -0.3 is 29.7 Å². The van der Waals surface area contributed by atoms with Crippen LogP contribution in [-0.4, -0.2) is 103 Å². The summed E-state index contributed by atoms with van der Waals surface area (Å²) in [6.45, 7) is 12.0. The minimum atomic E-state index is -2.95. The molecule has 0 saturated carbocycles. The van der Waals surface area contributed by atoms with E-state index in [9.17, 15) is 9.60 Å². The lowest BCUT2D eigenvalue weighted by molar-refractivity contribution is -0.000400. The number of alkyl halides is 1. The van der Waals surface area contributed by atoms with Crippen LogP contribution in [-0.2, 0) is 9.16 Å². The Morgan fingerprint density at radius 1 is 1.09 bits per heavy atom. The molecule has 3 aromatic rings. The minimum absolute atomic E-state index is 0.0113. The number of nitrogens with zero attached hydrogens (tertiary/aromatic N) is 6. The van der Waals surface area contributed by atoms with Crippen molar-refractivity contribution in [2.45, 2.75) is 69.3 Å². The van der Waals surface area contributed by atoms with Gasteiger partial charge in [-0.15, -0.1) is 0 Å². The normalized spacial score (nSPS) is 25.9. The highest BCUT2D eigenvalue weighted by Gasteiger charge is 2.54. The summed E-state index contributed by atoms with van der Waals surface area (Å²) in [5.74, 6) is 0.0269. The second-order valence-corrected chi connectivity index (χ2v) is 18.5. The maximum absolute atomic E-state index is 14.4. The van der Waals surface area contributed by atoms with Gasteiger partial charge >= 0.3 is 6.01 Å². The van der Waals surface area contributed by atoms with Crippen LogP contribution in [0.25, 0.3) is 0 Å². The molecule has 3 aliphatic rings. The number of anilines is 1. The van der Waals surface area contributed by atoms with Crippen molar-refractivity contribution < 1.29 is 23.5 Å². The molecule has 4 heterocycles. The molecule has 6 rings (SSSR count). The van der Waals surface area contributed by atoms with Gasteiger partial charge in [0.25, 0.3) is 8.32 Å². The summed E-state index contributed by atoms with van der Waals surface area (Å²) in [5.41, 5.74) is 4.83. The van der Waals surface area contributed by atoms with E-state index in [1.807, 2.05) is 17.0 Å². The average Bonchev–Trinajstić information content (AvgIpc) is 3.51. The third-order valence-electron chi connectivity index (χ3n) is 9.71. The molecule has 1 aromatic heterocycles. The monoisotopic (exact) mass is 663 g/mol. The fourth-order valence-electron chi connectivity index (χ4n) is 7.60. The molecule has 3 N–H and O–H groups in total. The third-order valence-corrected chi connectivity index (χ3v) is 14.9. The third kappa shape index (κ3) is 6.58. The highest BCUT2D eigenvalue weighted by Crippen LogP contribution is 2.41. The number of halogens is 1. The van der Waals surface area contributed by atoms with Crippen molar-refractivity contribution in [2.24, 2.45) is 10.9 Å². The molecule has 13 heteroatoms. The van der Waals surface area contributed by atoms with E-state index in [2.05, 4.69) is 96.2 Å². The van der Waals surface area contributed by atoms with Crippen LogP contribution in [0.3, 0.4) is 0 Å². The molecule has 11 nitrogen and oxygen atoms in total. The lowest BCUT2D eigenvalue weighted by atomic mass is 9.95. The smallest absolute Gasteiger partial charge is 0.321 e. The van der Waals surface area contributed by atoms with Gasteiger partial charge in [-0.05, 0) is 41.7 Å². The Kier molecular flexibility index (Phi) is 9.27. The van der Waals surface area contributed by atoms with Crippen molar-refractivity contribution >= 4 is 30.5 Å². The second-order valence-electron chi connectivity index (χ2n) is 14.3. The van der Waals surface area contributed by atoms with E-state index in [0.29, 0.717) is 45.2 Å². The second kappa shape index (κ2) is 13.1. The standard InChI is InChI=1S/C34H46FN7O4Si/c1-32(2,3)47(26-12-7-5-8-13-26,27-14-9-6-10-15-27)46-33(4)22-41(18-19-44-23-33)30-37-29(28(36)40-43)38-31(39-30)45-24-34-16-11-17-42(34)21-25(35)20-34/h5-10,12-15,25,43H,11,16-24H2,1-4H3,(H2,36,40)/t25-,33?,34+/m1/s1. The van der Waals surface area contributed by atoms with Crippen molar-refractivity contribution in [1.82, 2.24) is 19.9 Å². The summed E-state index contributed by atoms with van der Waals surface area (Å²) < 4.78 is 34.4. The molecular formula is C34H46FN7O4Si. The summed E-state index contributed by atoms with van der Waals surface area (Å²) in [5, 5.41) is 14.7. The highest BCUT2D eigenvalue weighted by molar-refractivity contribution is 6.99. The van der Waals surface area contributed by atoms with Crippen LogP contribution >= 0.6 is 0 Å². The van der Waals surface area contributed by atoms with Gasteiger partial charge in [0.1, 0.15) is 12.8 Å². The lowest BCUT2D eigenvalue weighted by Gasteiger charge is -2.48. The first-order valence-corrected chi connectivity index (χ1v) is 18.3. The molecule has 0 bridgehead atoms. The number of amidine groups is 1. The number of benzene rings is 2. The van der Waals surface area contributed by atoms with E-state index in [0.717, 1.165) is 19.4 Å². The number of rotatable bonds is 9. The van der Waals surface area contributed by atoms with Crippen molar-refractivity contribution in [2.75, 3.05) is 50.9 Å². The van der Waals surface area contributed by atoms with Gasteiger partial charge in [0, 0.05) is 19.5 Å². The molecule has 0 radical (unpaired) electrons. The topological polar surface area (TPSA) is 131 Å². The maximum Gasteiger partial charge on any atom is 0.321 e. The van der Waals surface area contributed by atoms with Crippen LogP contribution in [0, 0.1) is 0 Å². The Hall–Kier alpha value is -3.65. The first kappa shape index (κ1) is 33.3. The molecule has 3 aliphatic heterocycles. The molecule has 0 aliphatic carbocycles. The zero-order valence-electron chi connectivity index (χ0n) is 27.7. The van der Waals surface area contributed by atoms with E-state index in [4.69, 9.17) is 24.6 Å². The van der Waals surface area contributed by atoms with Gasteiger partial charge in [-0.25, -0.2) is 4.39 Å². The van der Waals surface area contributed by atoms with E-state index >= 15 is 0 Å². The van der Waals surface area contributed by atoms with Gasteiger partial charge in [-0.3, -0.25) is 4.90 Å². The van der Waals surface area contributed by atoms with E-state index < -0.39 is 20.1 Å². The van der Waals surface area contributed by atoms with Crippen molar-refractivity contribution in [3.05, 3.63) is 66.5 Å². The molecule has 2 aromatic carbocycles. The summed E-state index contributed by atoms with van der Waals surface area (Å²) in [4.78, 5) is 17.8. The fourth-order valence-corrected chi connectivity index (χ4v) is 12.4. The largest absolute Gasteiger partial charge is 0.461 e. The van der Waals surface area contributed by atoms with Crippen molar-refractivity contribution in [3.8, 4) is 6.01 Å². The number of hydrogen-bond donors (Lipinski definition) is 2. The molecular weight excluding hydrogens is 618 g/mol. The zero-order chi connectivity index (χ0) is 33.3. The summed E-state index contributed by atoms with van der Waals surface area (Å²) >= 11 is 0. The van der Waals surface area contributed by atoms with Crippen LogP contribution < -0.4 is 25.7 Å². The molecule has 0 spiro atoms. The number of aromatic nitrogens is 3. The van der Waals surface area contributed by atoms with Gasteiger partial charge in [0.2, 0.25) is 17.6 Å². The minimum Gasteiger partial charge on any atom is -0.461 e. The van der Waals surface area contributed by atoms with Crippen LogP contribution in [0.2, 0.25) is 5.04 Å². The predicted molar refractivity (Wildman–Crippen MR) is 181 cm³/mol. The predicted octanol–water partition coefficient (Wildman–Crippen LogP) is 3.09. The number of hydrogen-bond acceptors (Lipinski definition) is 10. The van der Waals surface area contributed by atoms with Gasteiger partial charge in [0.15, 0.2) is 0 Å². The highest BCUT2D eigenvalue weighted by atomic mass is 28.4. The maximum atomic E-state index is 14.4. The van der Waals surface area contributed by atoms with Gasteiger partial charge in [-0.2, -0.15) is 15.0 Å². The Labute approximate surface area is 277 Å². The van der Waals surface area contributed by atoms with Crippen molar-refractivity contribution in [3.63, 3.8) is 0 Å². The lowest BCUT2D eigenvalue weighted by Crippen LogP contribution is -2.70. The van der Waals surface area contributed by atoms with Crippen LogP contribution in [0.5, 0.6) is 6.01 Å². The molecule has 3 saturated heterocycles. The average molecular weight is 664 g/mol. The molecule has 252 valence electrons. The molecule has 47 heavy (non-hydrogen) atoms. The fraction of sp³-hybridized carbons (Fsp3) is 0.529. The van der Waals surface area contributed by atoms with Gasteiger partial charge in [0.05, 0.1) is 30.9 Å². The van der Waals surface area contributed by atoms with Crippen LogP contribution in [0.15, 0.2) is 65.8 Å². The van der Waals surface area contributed by atoms with Crippen molar-refractivity contribution in [1.29, 1.82) is 0 Å². The Bertz CT molecular complexity index is 1520. The first-order chi connectivity index (χ1) is 22.5. The Morgan fingerprint density at radius 3 is 2.40 bits per heavy atom. The molecule has 3 fully saturated rings. The number of nitrogens with two attached hydrogens (primary N) is 1. The summed E-state index contributed by atoms with van der Waals surface area (Å²) in [6, 6.07) is 21.0. The number of ether oxygens (including phenoxy) is 2. The quantitative estimate of drug-likeness (QED) is 0.116. The SMILES string of the molecule is CC1(O[Si](c2ccccc2)(c2ccccc2)C(C)(C)C)COCCN(c2nc(OC[C@@]34CCCN3C[C@H](F)C4)nc(/C(N)=N/O)n2)C1. The van der Waals surface area contributed by atoms with E-state index in [-0.39, 0.29) is 34.9 Å². The van der Waals surface area contributed by atoms with Gasteiger partial charge in [-0.1, -0.05) is 86.6 Å².